The van der Waals surface area contributed by atoms with Crippen molar-refractivity contribution in [1.29, 1.82) is 0 Å². The number of halogens is 1. The fourth-order valence-electron chi connectivity index (χ4n) is 4.54. The van der Waals surface area contributed by atoms with Crippen LogP contribution in [0.25, 0.3) is 0 Å². The van der Waals surface area contributed by atoms with E-state index in [2.05, 4.69) is 10.6 Å². The topological polar surface area (TPSA) is 105 Å². The minimum atomic E-state index is -0.803. The van der Waals surface area contributed by atoms with Gasteiger partial charge in [0, 0.05) is 6.04 Å². The fourth-order valence-corrected chi connectivity index (χ4v) is 4.54. The van der Waals surface area contributed by atoms with Crippen LogP contribution in [0.5, 0.6) is 0 Å². The second kappa shape index (κ2) is 7.91. The molecule has 7 nitrogen and oxygen atoms in total. The van der Waals surface area contributed by atoms with Gasteiger partial charge in [-0.2, -0.15) is 0 Å². The van der Waals surface area contributed by atoms with Crippen molar-refractivity contribution in [2.75, 3.05) is 13.1 Å². The van der Waals surface area contributed by atoms with Crippen LogP contribution in [0.3, 0.4) is 0 Å². The van der Waals surface area contributed by atoms with Gasteiger partial charge in [0.05, 0.1) is 0 Å². The second-order valence-corrected chi connectivity index (χ2v) is 7.54. The summed E-state index contributed by atoms with van der Waals surface area (Å²) in [4.78, 5) is 38.6. The predicted octanol–water partition coefficient (Wildman–Crippen LogP) is 1.15. The number of carbonyl (C=O) groups is 3. The van der Waals surface area contributed by atoms with Crippen molar-refractivity contribution in [3.63, 3.8) is 0 Å². The average molecular weight is 373 g/mol. The van der Waals surface area contributed by atoms with Crippen molar-refractivity contribution in [1.82, 2.24) is 15.5 Å². The number of imide groups is 1. The number of hydrogen-bond acceptors (Lipinski definition) is 4. The highest BCUT2D eigenvalue weighted by Gasteiger charge is 2.55. The highest BCUT2D eigenvalue weighted by molar-refractivity contribution is 6.09. The van der Waals surface area contributed by atoms with E-state index in [1.54, 1.807) is 0 Å². The molecule has 0 radical (unpaired) electrons. The number of urea groups is 1. The number of rotatable bonds is 4. The summed E-state index contributed by atoms with van der Waals surface area (Å²) in [6, 6.07) is -0.378. The molecule has 4 atom stereocenters. The van der Waals surface area contributed by atoms with Crippen LogP contribution < -0.4 is 16.4 Å². The SMILES string of the molecule is CC1CCCCC12NC(=O)N(CC(=O)NC1CCCC1CN)C2=O.Cl. The molecule has 4 N–H and O–H groups in total. The van der Waals surface area contributed by atoms with Gasteiger partial charge in [-0.25, -0.2) is 4.79 Å². The van der Waals surface area contributed by atoms with E-state index in [0.29, 0.717) is 18.9 Å². The number of nitrogens with one attached hydrogen (secondary N) is 2. The fraction of sp³-hybridized carbons (Fsp3) is 0.824. The van der Waals surface area contributed by atoms with Gasteiger partial charge >= 0.3 is 6.03 Å². The van der Waals surface area contributed by atoms with Crippen molar-refractivity contribution in [3.8, 4) is 0 Å². The lowest BCUT2D eigenvalue weighted by Gasteiger charge is -2.36. The molecule has 8 heteroatoms. The molecule has 4 amide bonds. The number of amides is 4. The summed E-state index contributed by atoms with van der Waals surface area (Å²) < 4.78 is 0. The zero-order valence-corrected chi connectivity index (χ0v) is 15.6. The molecule has 1 heterocycles. The Hall–Kier alpha value is -1.34. The van der Waals surface area contributed by atoms with Gasteiger partial charge in [0.1, 0.15) is 12.1 Å². The van der Waals surface area contributed by atoms with E-state index in [-0.39, 0.29) is 42.7 Å². The first-order valence-electron chi connectivity index (χ1n) is 9.11. The highest BCUT2D eigenvalue weighted by atomic mass is 35.5. The van der Waals surface area contributed by atoms with Crippen LogP contribution in [-0.4, -0.2) is 47.4 Å². The molecular formula is C17H29ClN4O3. The van der Waals surface area contributed by atoms with E-state index in [1.807, 2.05) is 6.92 Å². The van der Waals surface area contributed by atoms with E-state index >= 15 is 0 Å². The summed E-state index contributed by atoms with van der Waals surface area (Å²) in [6.07, 6.45) is 6.57. The normalized spacial score (nSPS) is 34.8. The quantitative estimate of drug-likeness (QED) is 0.644. The molecule has 0 bridgehead atoms. The van der Waals surface area contributed by atoms with E-state index < -0.39 is 11.6 Å². The molecule has 25 heavy (non-hydrogen) atoms. The van der Waals surface area contributed by atoms with E-state index in [9.17, 15) is 14.4 Å². The summed E-state index contributed by atoms with van der Waals surface area (Å²) in [7, 11) is 0. The van der Waals surface area contributed by atoms with Gasteiger partial charge in [-0.1, -0.05) is 26.2 Å². The minimum absolute atomic E-state index is 0. The van der Waals surface area contributed by atoms with Crippen LogP contribution in [0.1, 0.15) is 51.9 Å². The molecule has 2 saturated carbocycles. The summed E-state index contributed by atoms with van der Waals surface area (Å²) in [5, 5.41) is 5.83. The maximum atomic E-state index is 12.8. The Kier molecular flexibility index (Phi) is 6.32. The first-order valence-corrected chi connectivity index (χ1v) is 9.11. The van der Waals surface area contributed by atoms with Crippen molar-refractivity contribution < 1.29 is 14.4 Å². The molecule has 1 saturated heterocycles. The zero-order valence-electron chi connectivity index (χ0n) is 14.8. The van der Waals surface area contributed by atoms with Crippen LogP contribution in [0.15, 0.2) is 0 Å². The monoisotopic (exact) mass is 372 g/mol. The van der Waals surface area contributed by atoms with E-state index in [1.165, 1.54) is 0 Å². The summed E-state index contributed by atoms with van der Waals surface area (Å²) in [5.74, 6) is -0.116. The average Bonchev–Trinajstić information content (AvgIpc) is 3.09. The molecular weight excluding hydrogens is 344 g/mol. The number of nitrogens with two attached hydrogens (primary N) is 1. The van der Waals surface area contributed by atoms with Gasteiger partial charge in [-0.15, -0.1) is 12.4 Å². The van der Waals surface area contributed by atoms with Gasteiger partial charge in [0.25, 0.3) is 5.91 Å². The Labute approximate surface area is 154 Å². The van der Waals surface area contributed by atoms with Crippen LogP contribution >= 0.6 is 12.4 Å². The number of nitrogens with zero attached hydrogens (tertiary/aromatic N) is 1. The molecule has 2 aliphatic carbocycles. The van der Waals surface area contributed by atoms with Gasteiger partial charge in [0.2, 0.25) is 5.91 Å². The van der Waals surface area contributed by atoms with Crippen LogP contribution in [0, 0.1) is 11.8 Å². The standard InChI is InChI=1S/C17H28N4O3.ClH/c1-11-5-2-3-8-17(11)15(23)21(16(24)20-17)10-14(22)19-13-7-4-6-12(13)9-18;/h11-13H,2-10,18H2,1H3,(H,19,22)(H,20,24);1H. The van der Waals surface area contributed by atoms with Crippen molar-refractivity contribution >= 4 is 30.3 Å². The van der Waals surface area contributed by atoms with Crippen molar-refractivity contribution in [3.05, 3.63) is 0 Å². The molecule has 0 aromatic carbocycles. The molecule has 3 rings (SSSR count). The Morgan fingerprint density at radius 1 is 1.28 bits per heavy atom. The first-order chi connectivity index (χ1) is 11.5. The predicted molar refractivity (Wildman–Crippen MR) is 96.2 cm³/mol. The third kappa shape index (κ3) is 3.62. The summed E-state index contributed by atoms with van der Waals surface area (Å²) in [5.41, 5.74) is 4.93. The van der Waals surface area contributed by atoms with Gasteiger partial charge in [-0.05, 0) is 44.1 Å². The molecule has 4 unspecified atom stereocenters. The Balaban J connectivity index is 0.00000225. The smallest absolute Gasteiger partial charge is 0.325 e. The maximum absolute atomic E-state index is 12.8. The maximum Gasteiger partial charge on any atom is 0.325 e. The minimum Gasteiger partial charge on any atom is -0.351 e. The second-order valence-electron chi connectivity index (χ2n) is 7.54. The van der Waals surface area contributed by atoms with E-state index in [0.717, 1.165) is 43.4 Å². The number of hydrogen-bond donors (Lipinski definition) is 3. The lowest BCUT2D eigenvalue weighted by Crippen LogP contribution is -2.54. The zero-order chi connectivity index (χ0) is 17.3. The van der Waals surface area contributed by atoms with Crippen molar-refractivity contribution in [2.24, 2.45) is 17.6 Å². The Bertz CT molecular complexity index is 544. The lowest BCUT2D eigenvalue weighted by molar-refractivity contribution is -0.137. The first kappa shape index (κ1) is 20.0. The third-order valence-electron chi connectivity index (χ3n) is 6.11. The Morgan fingerprint density at radius 3 is 2.72 bits per heavy atom. The van der Waals surface area contributed by atoms with Gasteiger partial charge in [0.15, 0.2) is 0 Å². The third-order valence-corrected chi connectivity index (χ3v) is 6.11. The summed E-state index contributed by atoms with van der Waals surface area (Å²) in [6.45, 7) is 2.35. The van der Waals surface area contributed by atoms with Gasteiger partial charge < -0.3 is 16.4 Å². The number of carbonyl (C=O) groups excluding carboxylic acids is 3. The molecule has 1 spiro atoms. The molecule has 3 aliphatic rings. The molecule has 3 fully saturated rings. The largest absolute Gasteiger partial charge is 0.351 e. The molecule has 1 aliphatic heterocycles. The molecule has 142 valence electrons. The lowest BCUT2D eigenvalue weighted by atomic mass is 9.73. The van der Waals surface area contributed by atoms with Gasteiger partial charge in [-0.3, -0.25) is 14.5 Å². The highest BCUT2D eigenvalue weighted by Crippen LogP contribution is 2.38. The van der Waals surface area contributed by atoms with Crippen LogP contribution in [-0.2, 0) is 9.59 Å². The van der Waals surface area contributed by atoms with Crippen LogP contribution in [0.2, 0.25) is 0 Å². The molecule has 0 aromatic heterocycles. The van der Waals surface area contributed by atoms with Crippen LogP contribution in [0.4, 0.5) is 4.79 Å². The Morgan fingerprint density at radius 2 is 2.04 bits per heavy atom. The van der Waals surface area contributed by atoms with Crippen molar-refractivity contribution in [2.45, 2.75) is 63.5 Å². The molecule has 0 aromatic rings. The summed E-state index contributed by atoms with van der Waals surface area (Å²) >= 11 is 0. The van der Waals surface area contributed by atoms with E-state index in [4.69, 9.17) is 5.73 Å².